The second-order valence-electron chi connectivity index (χ2n) is 2.67. The Morgan fingerprint density at radius 2 is 2.00 bits per heavy atom. The van der Waals surface area contributed by atoms with E-state index < -0.39 is 16.6 Å². The number of allylic oxidation sites excluding steroid dienone is 1. The summed E-state index contributed by atoms with van der Waals surface area (Å²) in [5, 5.41) is 0. The standard InChI is InChI=1S/C7H6BrF3O2/c8-5(7(9,10)11)3-13-6(12)4-1-2-4/h3-4H,1-2H2. The van der Waals surface area contributed by atoms with Crippen LogP contribution in [0, 0.1) is 5.92 Å². The van der Waals surface area contributed by atoms with E-state index in [1.807, 2.05) is 0 Å². The van der Waals surface area contributed by atoms with Gasteiger partial charge in [-0.05, 0) is 28.8 Å². The summed E-state index contributed by atoms with van der Waals surface area (Å²) in [5.41, 5.74) is 0. The molecule has 0 radical (unpaired) electrons. The van der Waals surface area contributed by atoms with Gasteiger partial charge in [0.25, 0.3) is 0 Å². The third-order valence-corrected chi connectivity index (χ3v) is 2.10. The second kappa shape index (κ2) is 3.69. The highest BCUT2D eigenvalue weighted by Gasteiger charge is 2.34. The Morgan fingerprint density at radius 3 is 2.38 bits per heavy atom. The van der Waals surface area contributed by atoms with Crippen LogP contribution in [-0.4, -0.2) is 12.1 Å². The summed E-state index contributed by atoms with van der Waals surface area (Å²) >= 11 is 2.26. The molecule has 0 aliphatic heterocycles. The fourth-order valence-electron chi connectivity index (χ4n) is 0.592. The average molecular weight is 259 g/mol. The Bertz CT molecular complexity index is 243. The fraction of sp³-hybridized carbons (Fsp3) is 0.571. The van der Waals surface area contributed by atoms with Crippen LogP contribution in [0.15, 0.2) is 10.7 Å². The van der Waals surface area contributed by atoms with Gasteiger partial charge in [0.15, 0.2) is 0 Å². The minimum absolute atomic E-state index is 0.204. The number of hydrogen-bond acceptors (Lipinski definition) is 2. The monoisotopic (exact) mass is 258 g/mol. The van der Waals surface area contributed by atoms with Crippen molar-refractivity contribution >= 4 is 21.9 Å². The van der Waals surface area contributed by atoms with Gasteiger partial charge in [0.05, 0.1) is 5.92 Å². The summed E-state index contributed by atoms with van der Waals surface area (Å²) in [6.45, 7) is 0. The highest BCUT2D eigenvalue weighted by atomic mass is 79.9. The zero-order chi connectivity index (χ0) is 10.1. The predicted octanol–water partition coefficient (Wildman–Crippen LogP) is 2.74. The van der Waals surface area contributed by atoms with Crippen LogP contribution in [0.5, 0.6) is 0 Å². The fourth-order valence-corrected chi connectivity index (χ4v) is 0.685. The van der Waals surface area contributed by atoms with Gasteiger partial charge >= 0.3 is 12.1 Å². The molecule has 1 fully saturated rings. The summed E-state index contributed by atoms with van der Waals surface area (Å²) in [7, 11) is 0. The molecule has 2 nitrogen and oxygen atoms in total. The average Bonchev–Trinajstić information content (AvgIpc) is 2.79. The van der Waals surface area contributed by atoms with Crippen LogP contribution >= 0.6 is 15.9 Å². The SMILES string of the molecule is O=C(OC=C(Br)C(F)(F)F)C1CC1. The molecule has 6 heteroatoms. The normalized spacial score (nSPS) is 18.6. The molecular weight excluding hydrogens is 253 g/mol. The molecule has 0 aromatic rings. The van der Waals surface area contributed by atoms with Crippen molar-refractivity contribution in [2.75, 3.05) is 0 Å². The summed E-state index contributed by atoms with van der Waals surface area (Å²) < 4.78 is 38.6. The van der Waals surface area contributed by atoms with E-state index in [9.17, 15) is 18.0 Å². The Kier molecular flexibility index (Phi) is 3.00. The number of carbonyl (C=O) groups excluding carboxylic acids is 1. The van der Waals surface area contributed by atoms with Gasteiger partial charge in [-0.15, -0.1) is 0 Å². The third-order valence-electron chi connectivity index (χ3n) is 1.46. The molecule has 0 atom stereocenters. The molecule has 1 rings (SSSR count). The summed E-state index contributed by atoms with van der Waals surface area (Å²) in [6, 6.07) is 0. The maximum atomic E-state index is 11.8. The highest BCUT2D eigenvalue weighted by molar-refractivity contribution is 9.11. The predicted molar refractivity (Wildman–Crippen MR) is 41.9 cm³/mol. The van der Waals surface area contributed by atoms with Gasteiger partial charge in [0.1, 0.15) is 10.7 Å². The Balaban J connectivity index is 2.42. The summed E-state index contributed by atoms with van der Waals surface area (Å²) in [6.07, 6.45) is -2.70. The minimum Gasteiger partial charge on any atom is -0.433 e. The molecule has 1 aliphatic carbocycles. The molecule has 0 amide bonds. The smallest absolute Gasteiger partial charge is 0.425 e. The summed E-state index contributed by atoms with van der Waals surface area (Å²) in [5.74, 6) is -0.800. The number of esters is 1. The van der Waals surface area contributed by atoms with Crippen LogP contribution < -0.4 is 0 Å². The lowest BCUT2D eigenvalue weighted by atomic mass is 10.4. The molecule has 0 aromatic carbocycles. The van der Waals surface area contributed by atoms with E-state index in [1.54, 1.807) is 0 Å². The minimum atomic E-state index is -4.50. The number of rotatable bonds is 2. The molecule has 0 bridgehead atoms. The van der Waals surface area contributed by atoms with Crippen molar-refractivity contribution in [3.8, 4) is 0 Å². The maximum absolute atomic E-state index is 11.8. The zero-order valence-electron chi connectivity index (χ0n) is 6.40. The van der Waals surface area contributed by atoms with Gasteiger partial charge in [0, 0.05) is 0 Å². The van der Waals surface area contributed by atoms with Crippen molar-refractivity contribution in [3.63, 3.8) is 0 Å². The first-order valence-corrected chi connectivity index (χ1v) is 4.34. The zero-order valence-corrected chi connectivity index (χ0v) is 7.98. The number of ether oxygens (including phenoxy) is 1. The lowest BCUT2D eigenvalue weighted by Crippen LogP contribution is -2.09. The lowest BCUT2D eigenvalue weighted by Gasteiger charge is -2.03. The molecule has 1 aliphatic rings. The van der Waals surface area contributed by atoms with Crippen molar-refractivity contribution in [1.82, 2.24) is 0 Å². The van der Waals surface area contributed by atoms with E-state index >= 15 is 0 Å². The third kappa shape index (κ3) is 3.38. The van der Waals surface area contributed by atoms with Gasteiger partial charge in [-0.3, -0.25) is 4.79 Å². The van der Waals surface area contributed by atoms with Crippen molar-refractivity contribution in [2.45, 2.75) is 19.0 Å². The maximum Gasteiger partial charge on any atom is 0.425 e. The molecule has 0 saturated heterocycles. The molecule has 0 N–H and O–H groups in total. The largest absolute Gasteiger partial charge is 0.433 e. The highest BCUT2D eigenvalue weighted by Crippen LogP contribution is 2.32. The van der Waals surface area contributed by atoms with Crippen LogP contribution in [0.2, 0.25) is 0 Å². The molecular formula is C7H6BrF3O2. The van der Waals surface area contributed by atoms with Gasteiger partial charge in [-0.2, -0.15) is 13.2 Å². The van der Waals surface area contributed by atoms with Crippen LogP contribution in [0.25, 0.3) is 0 Å². The molecule has 0 heterocycles. The lowest BCUT2D eigenvalue weighted by molar-refractivity contribution is -0.139. The van der Waals surface area contributed by atoms with E-state index in [1.165, 1.54) is 0 Å². The van der Waals surface area contributed by atoms with E-state index in [0.29, 0.717) is 19.1 Å². The van der Waals surface area contributed by atoms with Gasteiger partial charge < -0.3 is 4.74 Å². The molecule has 0 unspecified atom stereocenters. The van der Waals surface area contributed by atoms with E-state index in [0.717, 1.165) is 0 Å². The number of hydrogen-bond donors (Lipinski definition) is 0. The van der Waals surface area contributed by atoms with Crippen LogP contribution in [0.3, 0.4) is 0 Å². The van der Waals surface area contributed by atoms with E-state index in [2.05, 4.69) is 20.7 Å². The first kappa shape index (κ1) is 10.6. The van der Waals surface area contributed by atoms with E-state index in [-0.39, 0.29) is 5.92 Å². The number of carbonyl (C=O) groups is 1. The van der Waals surface area contributed by atoms with Crippen LogP contribution in [0.1, 0.15) is 12.8 Å². The molecule has 0 spiro atoms. The summed E-state index contributed by atoms with van der Waals surface area (Å²) in [4.78, 5) is 10.8. The molecule has 74 valence electrons. The Hall–Kier alpha value is -0.520. The first-order chi connectivity index (χ1) is 5.91. The molecule has 13 heavy (non-hydrogen) atoms. The van der Waals surface area contributed by atoms with Crippen molar-refractivity contribution < 1.29 is 22.7 Å². The number of halogens is 4. The first-order valence-electron chi connectivity index (χ1n) is 3.54. The van der Waals surface area contributed by atoms with Crippen LogP contribution in [-0.2, 0) is 9.53 Å². The Labute approximate surface area is 80.9 Å². The van der Waals surface area contributed by atoms with Gasteiger partial charge in [0.2, 0.25) is 0 Å². The topological polar surface area (TPSA) is 26.3 Å². The van der Waals surface area contributed by atoms with Crippen molar-refractivity contribution in [2.24, 2.45) is 5.92 Å². The van der Waals surface area contributed by atoms with Gasteiger partial charge in [-0.1, -0.05) is 0 Å². The van der Waals surface area contributed by atoms with Crippen LogP contribution in [0.4, 0.5) is 13.2 Å². The van der Waals surface area contributed by atoms with E-state index in [4.69, 9.17) is 0 Å². The quantitative estimate of drug-likeness (QED) is 0.563. The molecule has 0 aromatic heterocycles. The van der Waals surface area contributed by atoms with Crippen molar-refractivity contribution in [1.29, 1.82) is 0 Å². The molecule has 1 saturated carbocycles. The van der Waals surface area contributed by atoms with Crippen molar-refractivity contribution in [3.05, 3.63) is 10.7 Å². The Morgan fingerprint density at radius 1 is 1.46 bits per heavy atom. The second-order valence-corrected chi connectivity index (χ2v) is 3.53. The van der Waals surface area contributed by atoms with Gasteiger partial charge in [-0.25, -0.2) is 0 Å². The number of alkyl halides is 3.